The highest BCUT2D eigenvalue weighted by Crippen LogP contribution is 2.47. The van der Waals surface area contributed by atoms with E-state index < -0.39 is 8.24 Å². The molecule has 0 bridgehead atoms. The maximum Gasteiger partial charge on any atom is 0.131 e. The van der Waals surface area contributed by atoms with Gasteiger partial charge < -0.3 is 4.98 Å². The number of fused-ring (bicyclic) bond motifs is 3. The minimum atomic E-state index is -1.56. The van der Waals surface area contributed by atoms with E-state index in [1.807, 2.05) is 0 Å². The van der Waals surface area contributed by atoms with Crippen molar-refractivity contribution >= 4 is 8.24 Å². The van der Waals surface area contributed by atoms with Gasteiger partial charge in [-0.25, -0.2) is 0 Å². The number of hydrogen-bond donors (Lipinski definition) is 1. The van der Waals surface area contributed by atoms with Gasteiger partial charge in [0.15, 0.2) is 0 Å². The van der Waals surface area contributed by atoms with Crippen LogP contribution >= 0.6 is 0 Å². The lowest BCUT2D eigenvalue weighted by molar-refractivity contribution is 0.746. The van der Waals surface area contributed by atoms with E-state index in [1.165, 1.54) is 35.1 Å². The van der Waals surface area contributed by atoms with Crippen LogP contribution in [0.2, 0.25) is 13.1 Å². The summed E-state index contributed by atoms with van der Waals surface area (Å²) in [4.78, 5) is 3.92. The molecule has 2 aromatic rings. The van der Waals surface area contributed by atoms with Crippen LogP contribution < -0.4 is 4.98 Å². The molecule has 21 heavy (non-hydrogen) atoms. The number of benzene rings is 2. The Labute approximate surface area is 129 Å². The highest BCUT2D eigenvalue weighted by Gasteiger charge is 2.40. The van der Waals surface area contributed by atoms with Gasteiger partial charge in [-0.15, -0.1) is 0 Å². The molecule has 1 aliphatic carbocycles. The minimum Gasteiger partial charge on any atom is -0.337 e. The molecule has 0 amide bonds. The van der Waals surface area contributed by atoms with E-state index in [0.717, 1.165) is 6.54 Å². The van der Waals surface area contributed by atoms with Crippen LogP contribution in [0.25, 0.3) is 11.1 Å². The first-order valence-electron chi connectivity index (χ1n) is 8.08. The third kappa shape index (κ3) is 2.58. The first-order chi connectivity index (χ1) is 10.1. The van der Waals surface area contributed by atoms with Gasteiger partial charge in [0.25, 0.3) is 0 Å². The van der Waals surface area contributed by atoms with Crippen molar-refractivity contribution in [1.29, 1.82) is 0 Å². The number of hydrogen-bond acceptors (Lipinski definition) is 1. The molecule has 110 valence electrons. The van der Waals surface area contributed by atoms with Crippen molar-refractivity contribution in [2.24, 2.45) is 0 Å². The van der Waals surface area contributed by atoms with Crippen LogP contribution in [-0.2, 0) is 0 Å². The van der Waals surface area contributed by atoms with E-state index in [2.05, 4.69) is 73.5 Å². The molecule has 1 N–H and O–H groups in total. The fourth-order valence-electron chi connectivity index (χ4n) is 3.62. The molecular formula is C19H25NSi. The molecule has 0 aliphatic heterocycles. The van der Waals surface area contributed by atoms with Crippen molar-refractivity contribution in [2.75, 3.05) is 6.54 Å². The van der Waals surface area contributed by atoms with E-state index in [1.54, 1.807) is 0 Å². The molecule has 1 nitrogen and oxygen atoms in total. The zero-order valence-corrected chi connectivity index (χ0v) is 14.3. The van der Waals surface area contributed by atoms with Gasteiger partial charge >= 0.3 is 0 Å². The SMILES string of the molecule is CCCCN[Si](C)(C)C1c2ccccc2-c2ccccc21. The van der Waals surface area contributed by atoms with Crippen LogP contribution in [0.4, 0.5) is 0 Å². The molecular weight excluding hydrogens is 270 g/mol. The van der Waals surface area contributed by atoms with Crippen molar-refractivity contribution in [3.8, 4) is 11.1 Å². The van der Waals surface area contributed by atoms with Crippen molar-refractivity contribution in [1.82, 2.24) is 4.98 Å². The molecule has 0 saturated heterocycles. The second-order valence-corrected chi connectivity index (χ2v) is 11.0. The molecule has 1 aliphatic rings. The molecule has 0 aromatic heterocycles. The molecule has 0 radical (unpaired) electrons. The van der Waals surface area contributed by atoms with Crippen LogP contribution in [0.5, 0.6) is 0 Å². The average molecular weight is 296 g/mol. The Morgan fingerprint density at radius 1 is 0.905 bits per heavy atom. The Hall–Kier alpha value is -1.38. The fraction of sp³-hybridized carbons (Fsp3) is 0.368. The lowest BCUT2D eigenvalue weighted by Crippen LogP contribution is -2.50. The van der Waals surface area contributed by atoms with Gasteiger partial charge in [-0.3, -0.25) is 0 Å². The topological polar surface area (TPSA) is 12.0 Å². The molecule has 0 heterocycles. The standard InChI is InChI=1S/C19H25NSi/c1-4-5-14-20-21(2,3)19-17-12-8-6-10-15(17)16-11-7-9-13-18(16)19/h6-13,19-20H,4-5,14H2,1-3H3. The first-order valence-corrected chi connectivity index (χ1v) is 11.2. The zero-order chi connectivity index (χ0) is 14.9. The largest absolute Gasteiger partial charge is 0.337 e. The fourth-order valence-corrected chi connectivity index (χ4v) is 6.71. The number of rotatable bonds is 5. The molecule has 0 saturated carbocycles. The highest BCUT2D eigenvalue weighted by atomic mass is 28.3. The summed E-state index contributed by atoms with van der Waals surface area (Å²) in [6.45, 7) is 8.37. The Bertz CT molecular complexity index is 587. The molecule has 3 rings (SSSR count). The summed E-state index contributed by atoms with van der Waals surface area (Å²) < 4.78 is 0. The van der Waals surface area contributed by atoms with Crippen molar-refractivity contribution in [2.45, 2.75) is 38.4 Å². The van der Waals surface area contributed by atoms with E-state index in [-0.39, 0.29) is 0 Å². The molecule has 0 unspecified atom stereocenters. The van der Waals surface area contributed by atoms with Crippen LogP contribution in [0.1, 0.15) is 36.4 Å². The van der Waals surface area contributed by atoms with Gasteiger partial charge in [-0.1, -0.05) is 75.0 Å². The van der Waals surface area contributed by atoms with Gasteiger partial charge in [-0.05, 0) is 35.2 Å². The highest BCUT2D eigenvalue weighted by molar-refractivity contribution is 6.77. The lowest BCUT2D eigenvalue weighted by atomic mass is 10.1. The van der Waals surface area contributed by atoms with Gasteiger partial charge in [0, 0.05) is 5.54 Å². The third-order valence-electron chi connectivity index (χ3n) is 4.67. The van der Waals surface area contributed by atoms with Crippen LogP contribution in [0.3, 0.4) is 0 Å². The van der Waals surface area contributed by atoms with Crippen LogP contribution in [0, 0.1) is 0 Å². The Kier molecular flexibility index (Phi) is 4.00. The van der Waals surface area contributed by atoms with Crippen LogP contribution in [0.15, 0.2) is 48.5 Å². The molecule has 0 fully saturated rings. The average Bonchev–Trinajstić information content (AvgIpc) is 2.82. The molecule has 2 aromatic carbocycles. The van der Waals surface area contributed by atoms with Crippen LogP contribution in [-0.4, -0.2) is 14.8 Å². The predicted octanol–water partition coefficient (Wildman–Crippen LogP) is 4.93. The summed E-state index contributed by atoms with van der Waals surface area (Å²) in [6, 6.07) is 17.9. The summed E-state index contributed by atoms with van der Waals surface area (Å²) >= 11 is 0. The van der Waals surface area contributed by atoms with E-state index in [0.29, 0.717) is 5.54 Å². The van der Waals surface area contributed by atoms with Gasteiger partial charge in [0.1, 0.15) is 8.24 Å². The normalized spacial score (nSPS) is 14.0. The second-order valence-electron chi connectivity index (χ2n) is 6.61. The summed E-state index contributed by atoms with van der Waals surface area (Å²) in [5, 5.41) is 0. The van der Waals surface area contributed by atoms with Crippen molar-refractivity contribution in [3.63, 3.8) is 0 Å². The zero-order valence-electron chi connectivity index (χ0n) is 13.3. The molecule has 0 spiro atoms. The lowest BCUT2D eigenvalue weighted by Gasteiger charge is -2.32. The van der Waals surface area contributed by atoms with Crippen molar-refractivity contribution < 1.29 is 0 Å². The second kappa shape index (κ2) is 5.78. The quantitative estimate of drug-likeness (QED) is 0.609. The van der Waals surface area contributed by atoms with Gasteiger partial charge in [0.05, 0.1) is 0 Å². The maximum atomic E-state index is 3.92. The monoisotopic (exact) mass is 295 g/mol. The molecule has 0 atom stereocenters. The maximum absolute atomic E-state index is 3.92. The third-order valence-corrected chi connectivity index (χ3v) is 7.89. The molecule has 2 heteroatoms. The summed E-state index contributed by atoms with van der Waals surface area (Å²) in [5.41, 5.74) is 6.51. The Morgan fingerprint density at radius 2 is 1.43 bits per heavy atom. The van der Waals surface area contributed by atoms with E-state index in [9.17, 15) is 0 Å². The van der Waals surface area contributed by atoms with E-state index in [4.69, 9.17) is 0 Å². The Balaban J connectivity index is 2.02. The van der Waals surface area contributed by atoms with Gasteiger partial charge in [-0.2, -0.15) is 0 Å². The Morgan fingerprint density at radius 3 is 1.95 bits per heavy atom. The summed E-state index contributed by atoms with van der Waals surface area (Å²) in [5.74, 6) is 0. The van der Waals surface area contributed by atoms with E-state index >= 15 is 0 Å². The number of unbranched alkanes of at least 4 members (excludes halogenated alkanes) is 1. The minimum absolute atomic E-state index is 0.571. The van der Waals surface area contributed by atoms with Crippen molar-refractivity contribution in [3.05, 3.63) is 59.7 Å². The summed E-state index contributed by atoms with van der Waals surface area (Å²) in [7, 11) is -1.56. The smallest absolute Gasteiger partial charge is 0.131 e. The van der Waals surface area contributed by atoms with Gasteiger partial charge in [0.2, 0.25) is 0 Å². The first kappa shape index (κ1) is 14.5. The summed E-state index contributed by atoms with van der Waals surface area (Å²) in [6.07, 6.45) is 2.53. The predicted molar refractivity (Wildman–Crippen MR) is 94.1 cm³/mol. The number of nitrogens with one attached hydrogen (secondary N) is 1.